The first-order valence-corrected chi connectivity index (χ1v) is 7.77. The average Bonchev–Trinajstić information content (AvgIpc) is 2.97. The van der Waals surface area contributed by atoms with Gasteiger partial charge in [-0.1, -0.05) is 25.1 Å². The fourth-order valence-electron chi connectivity index (χ4n) is 2.16. The van der Waals surface area contributed by atoms with Crippen LogP contribution in [0, 0.1) is 0 Å². The predicted molar refractivity (Wildman–Crippen MR) is 80.9 cm³/mol. The van der Waals surface area contributed by atoms with Gasteiger partial charge in [0.2, 0.25) is 0 Å². The Hall–Kier alpha value is -1.60. The summed E-state index contributed by atoms with van der Waals surface area (Å²) >= 11 is 0.983. The quantitative estimate of drug-likeness (QED) is 0.871. The van der Waals surface area contributed by atoms with Crippen LogP contribution in [0.2, 0.25) is 0 Å². The Morgan fingerprint density at radius 1 is 1.27 bits per heavy atom. The highest BCUT2D eigenvalue weighted by molar-refractivity contribution is 7.09. The molecule has 1 aromatic heterocycles. The van der Waals surface area contributed by atoms with Gasteiger partial charge in [0, 0.05) is 11.1 Å². The van der Waals surface area contributed by atoms with E-state index in [4.69, 9.17) is 0 Å². The molecule has 0 fully saturated rings. The van der Waals surface area contributed by atoms with Crippen LogP contribution in [0.1, 0.15) is 24.0 Å². The number of rotatable bonds is 6. The lowest BCUT2D eigenvalue weighted by molar-refractivity contribution is -0.140. The third kappa shape index (κ3) is 3.98. The van der Waals surface area contributed by atoms with Crippen molar-refractivity contribution in [3.05, 3.63) is 46.4 Å². The van der Waals surface area contributed by atoms with E-state index in [1.165, 1.54) is 0 Å². The van der Waals surface area contributed by atoms with Crippen LogP contribution in [0.4, 0.5) is 18.9 Å². The summed E-state index contributed by atoms with van der Waals surface area (Å²) in [5.74, 6) is 0. The molecule has 1 atom stereocenters. The summed E-state index contributed by atoms with van der Waals surface area (Å²) in [6.07, 6.45) is -3.74. The fraction of sp³-hybridized carbons (Fsp3) is 0.400. The third-order valence-corrected chi connectivity index (χ3v) is 4.19. The zero-order chi connectivity index (χ0) is 16.2. The Bertz CT molecular complexity index is 582. The van der Waals surface area contributed by atoms with E-state index >= 15 is 0 Å². The highest BCUT2D eigenvalue weighted by Gasteiger charge is 2.34. The lowest BCUT2D eigenvalue weighted by Crippen LogP contribution is -2.37. The molecular weight excluding hydrogens is 313 g/mol. The Kier molecular flexibility index (Phi) is 5.42. The van der Waals surface area contributed by atoms with Crippen molar-refractivity contribution in [2.24, 2.45) is 0 Å². The van der Waals surface area contributed by atoms with Gasteiger partial charge in [-0.15, -0.1) is 11.3 Å². The first kappa shape index (κ1) is 16.8. The second-order valence-electron chi connectivity index (χ2n) is 4.83. The van der Waals surface area contributed by atoms with E-state index in [9.17, 15) is 18.3 Å². The number of hydrogen-bond donors (Lipinski definition) is 1. The van der Waals surface area contributed by atoms with Crippen LogP contribution >= 0.6 is 11.3 Å². The van der Waals surface area contributed by atoms with Gasteiger partial charge in [-0.25, -0.2) is 4.98 Å². The number of aliphatic hydroxyl groups is 1. The molecule has 0 bridgehead atoms. The number of para-hydroxylation sites is 1. The number of aliphatic hydroxyl groups excluding tert-OH is 1. The summed E-state index contributed by atoms with van der Waals surface area (Å²) in [5, 5.41) is 10.9. The molecule has 0 saturated carbocycles. The molecule has 1 heterocycles. The monoisotopic (exact) mass is 330 g/mol. The topological polar surface area (TPSA) is 36.4 Å². The van der Waals surface area contributed by atoms with Gasteiger partial charge in [0.1, 0.15) is 5.01 Å². The summed E-state index contributed by atoms with van der Waals surface area (Å²) in [6.45, 7) is 2.10. The molecule has 2 rings (SSSR count). The van der Waals surface area contributed by atoms with Gasteiger partial charge in [-0.2, -0.15) is 13.2 Å². The molecule has 0 amide bonds. The molecule has 1 aromatic carbocycles. The van der Waals surface area contributed by atoms with Crippen molar-refractivity contribution >= 4 is 17.0 Å². The summed E-state index contributed by atoms with van der Waals surface area (Å²) in [6, 6.07) is 9.16. The summed E-state index contributed by atoms with van der Waals surface area (Å²) < 4.78 is 37.9. The molecule has 0 spiro atoms. The second kappa shape index (κ2) is 7.11. The van der Waals surface area contributed by atoms with Crippen molar-refractivity contribution in [1.82, 2.24) is 4.98 Å². The predicted octanol–water partition coefficient (Wildman–Crippen LogP) is 3.94. The van der Waals surface area contributed by atoms with Crippen LogP contribution in [0.3, 0.4) is 0 Å². The van der Waals surface area contributed by atoms with Gasteiger partial charge >= 0.3 is 6.18 Å². The maximum Gasteiger partial charge on any atom is 0.434 e. The molecule has 1 N–H and O–H groups in total. The highest BCUT2D eigenvalue weighted by Crippen LogP contribution is 2.31. The summed E-state index contributed by atoms with van der Waals surface area (Å²) in [4.78, 5) is 5.56. The van der Waals surface area contributed by atoms with Crippen LogP contribution in [0.25, 0.3) is 0 Å². The number of nitrogens with zero attached hydrogens (tertiary/aromatic N) is 2. The Balaban J connectivity index is 2.25. The van der Waals surface area contributed by atoms with Crippen molar-refractivity contribution in [3.63, 3.8) is 0 Å². The van der Waals surface area contributed by atoms with Crippen molar-refractivity contribution < 1.29 is 18.3 Å². The Morgan fingerprint density at radius 3 is 2.45 bits per heavy atom. The van der Waals surface area contributed by atoms with E-state index in [0.717, 1.165) is 22.4 Å². The number of hydrogen-bond acceptors (Lipinski definition) is 4. The number of alkyl halides is 3. The zero-order valence-electron chi connectivity index (χ0n) is 12.0. The minimum absolute atomic E-state index is 0.0666. The summed E-state index contributed by atoms with van der Waals surface area (Å²) in [5.41, 5.74) is -0.00952. The van der Waals surface area contributed by atoms with E-state index in [-0.39, 0.29) is 19.2 Å². The molecule has 0 saturated heterocycles. The molecule has 120 valence electrons. The van der Waals surface area contributed by atoms with Crippen LogP contribution in [0.15, 0.2) is 35.7 Å². The third-order valence-electron chi connectivity index (χ3n) is 3.36. The lowest BCUT2D eigenvalue weighted by Gasteiger charge is -2.31. The van der Waals surface area contributed by atoms with Gasteiger partial charge in [-0.05, 0) is 18.6 Å². The number of thiazole rings is 1. The van der Waals surface area contributed by atoms with Crippen LogP contribution in [-0.2, 0) is 12.7 Å². The van der Waals surface area contributed by atoms with E-state index in [2.05, 4.69) is 4.98 Å². The van der Waals surface area contributed by atoms with Crippen LogP contribution in [-0.4, -0.2) is 22.7 Å². The Labute approximate surface area is 131 Å². The molecule has 22 heavy (non-hydrogen) atoms. The van der Waals surface area contributed by atoms with E-state index in [1.807, 2.05) is 42.2 Å². The number of halogens is 3. The molecule has 0 aliphatic carbocycles. The molecular formula is C15H17F3N2OS. The van der Waals surface area contributed by atoms with Gasteiger partial charge in [0.05, 0.1) is 19.2 Å². The number of benzene rings is 1. The highest BCUT2D eigenvalue weighted by atomic mass is 32.1. The Morgan fingerprint density at radius 2 is 1.95 bits per heavy atom. The zero-order valence-corrected chi connectivity index (χ0v) is 12.9. The van der Waals surface area contributed by atoms with E-state index in [1.54, 1.807) is 0 Å². The molecule has 2 aromatic rings. The fourth-order valence-corrected chi connectivity index (χ4v) is 2.96. The number of aromatic nitrogens is 1. The second-order valence-corrected chi connectivity index (χ2v) is 5.77. The standard InChI is InChI=1S/C15H17F3N2OS/c1-2-11(9-21)20(12-6-4-3-5-7-12)8-14-19-13(10-22-14)15(16,17)18/h3-7,10-11,21H,2,8-9H2,1H3. The maximum absolute atomic E-state index is 12.6. The molecule has 0 radical (unpaired) electrons. The van der Waals surface area contributed by atoms with Crippen LogP contribution < -0.4 is 4.90 Å². The molecule has 0 aliphatic heterocycles. The first-order valence-electron chi connectivity index (χ1n) is 6.89. The van der Waals surface area contributed by atoms with Crippen molar-refractivity contribution in [3.8, 4) is 0 Å². The van der Waals surface area contributed by atoms with E-state index in [0.29, 0.717) is 11.4 Å². The number of anilines is 1. The molecule has 0 aliphatic rings. The SMILES string of the molecule is CCC(CO)N(Cc1nc(C(F)(F)F)cs1)c1ccccc1. The average molecular weight is 330 g/mol. The molecule has 7 heteroatoms. The largest absolute Gasteiger partial charge is 0.434 e. The minimum atomic E-state index is -4.42. The van der Waals surface area contributed by atoms with Crippen molar-refractivity contribution in [1.29, 1.82) is 0 Å². The minimum Gasteiger partial charge on any atom is -0.394 e. The van der Waals surface area contributed by atoms with Crippen molar-refractivity contribution in [2.75, 3.05) is 11.5 Å². The molecule has 1 unspecified atom stereocenters. The van der Waals surface area contributed by atoms with Crippen LogP contribution in [0.5, 0.6) is 0 Å². The molecule has 3 nitrogen and oxygen atoms in total. The maximum atomic E-state index is 12.6. The van der Waals surface area contributed by atoms with E-state index < -0.39 is 11.9 Å². The van der Waals surface area contributed by atoms with Gasteiger partial charge < -0.3 is 10.0 Å². The summed E-state index contributed by atoms with van der Waals surface area (Å²) in [7, 11) is 0. The van der Waals surface area contributed by atoms with Crippen molar-refractivity contribution in [2.45, 2.75) is 32.1 Å². The first-order chi connectivity index (χ1) is 10.5. The normalized spacial score (nSPS) is 13.1. The lowest BCUT2D eigenvalue weighted by atomic mass is 10.1. The van der Waals surface area contributed by atoms with Gasteiger partial charge in [0.15, 0.2) is 5.69 Å². The smallest absolute Gasteiger partial charge is 0.394 e. The van der Waals surface area contributed by atoms with Gasteiger partial charge in [0.25, 0.3) is 0 Å². The van der Waals surface area contributed by atoms with Gasteiger partial charge in [-0.3, -0.25) is 0 Å².